The van der Waals surface area contributed by atoms with E-state index in [2.05, 4.69) is 10.5 Å². The first-order chi connectivity index (χ1) is 15.1. The predicted molar refractivity (Wildman–Crippen MR) is 116 cm³/mol. The number of hydrogen-bond acceptors (Lipinski definition) is 5. The van der Waals surface area contributed by atoms with Crippen molar-refractivity contribution >= 4 is 17.6 Å². The highest BCUT2D eigenvalue weighted by Gasteiger charge is 2.16. The van der Waals surface area contributed by atoms with Crippen molar-refractivity contribution in [1.29, 1.82) is 0 Å². The van der Waals surface area contributed by atoms with Crippen LogP contribution in [0.1, 0.15) is 33.4 Å². The molecule has 0 aliphatic heterocycles. The van der Waals surface area contributed by atoms with Gasteiger partial charge in [-0.15, -0.1) is 0 Å². The summed E-state index contributed by atoms with van der Waals surface area (Å²) in [5.41, 5.74) is 4.86. The second-order valence-electron chi connectivity index (χ2n) is 6.61. The lowest BCUT2D eigenvalue weighted by Gasteiger charge is -2.11. The molecule has 0 radical (unpaired) electrons. The average molecular weight is 413 g/mol. The topological polar surface area (TPSA) is 85.8 Å². The predicted octanol–water partition coefficient (Wildman–Crippen LogP) is 4.44. The second kappa shape index (κ2) is 8.96. The molecule has 2 aromatic carbocycles. The van der Waals surface area contributed by atoms with E-state index in [0.717, 1.165) is 5.69 Å². The zero-order chi connectivity index (χ0) is 21.6. The summed E-state index contributed by atoms with van der Waals surface area (Å²) in [6.07, 6.45) is 5.13. The van der Waals surface area contributed by atoms with Gasteiger partial charge in [0.25, 0.3) is 5.91 Å². The Hall–Kier alpha value is -4.39. The molecule has 0 aliphatic carbocycles. The van der Waals surface area contributed by atoms with E-state index in [-0.39, 0.29) is 11.7 Å². The summed E-state index contributed by atoms with van der Waals surface area (Å²) in [7, 11) is 0. The van der Waals surface area contributed by atoms with Crippen LogP contribution < -0.4 is 10.2 Å². The third kappa shape index (κ3) is 4.45. The summed E-state index contributed by atoms with van der Waals surface area (Å²) in [6, 6.07) is 21.1. The van der Waals surface area contributed by atoms with Crippen LogP contribution in [0.25, 0.3) is 5.69 Å². The number of furan rings is 1. The van der Waals surface area contributed by atoms with E-state index in [4.69, 9.17) is 9.15 Å². The smallest absolute Gasteiger partial charge is 0.379 e. The Labute approximate surface area is 178 Å². The molecular formula is C24H19N3O4. The molecule has 1 amide bonds. The van der Waals surface area contributed by atoms with E-state index >= 15 is 0 Å². The van der Waals surface area contributed by atoms with Crippen LogP contribution >= 0.6 is 0 Å². The van der Waals surface area contributed by atoms with Gasteiger partial charge in [-0.2, -0.15) is 5.10 Å². The van der Waals surface area contributed by atoms with Crippen molar-refractivity contribution in [2.45, 2.75) is 6.92 Å². The lowest BCUT2D eigenvalue weighted by Crippen LogP contribution is -2.21. The van der Waals surface area contributed by atoms with Gasteiger partial charge in [0.05, 0.1) is 23.2 Å². The fourth-order valence-corrected chi connectivity index (χ4v) is 3.04. The molecule has 2 heterocycles. The highest BCUT2D eigenvalue weighted by Crippen LogP contribution is 2.21. The zero-order valence-electron chi connectivity index (χ0n) is 16.7. The van der Waals surface area contributed by atoms with E-state index < -0.39 is 5.97 Å². The number of amides is 1. The molecule has 2 aromatic heterocycles. The summed E-state index contributed by atoms with van der Waals surface area (Å²) < 4.78 is 12.4. The van der Waals surface area contributed by atoms with Crippen molar-refractivity contribution in [3.05, 3.63) is 108 Å². The van der Waals surface area contributed by atoms with Gasteiger partial charge < -0.3 is 13.7 Å². The average Bonchev–Trinajstić information content (AvgIpc) is 3.52. The molecule has 0 bridgehead atoms. The van der Waals surface area contributed by atoms with E-state index in [9.17, 15) is 9.59 Å². The van der Waals surface area contributed by atoms with Crippen LogP contribution in [0, 0.1) is 0 Å². The van der Waals surface area contributed by atoms with Gasteiger partial charge in [0, 0.05) is 18.0 Å². The highest BCUT2D eigenvalue weighted by atomic mass is 16.5. The molecule has 7 heteroatoms. The van der Waals surface area contributed by atoms with Gasteiger partial charge in [-0.05, 0) is 55.5 Å². The van der Waals surface area contributed by atoms with Gasteiger partial charge in [-0.1, -0.05) is 24.3 Å². The molecule has 0 unspecified atom stereocenters. The van der Waals surface area contributed by atoms with Crippen molar-refractivity contribution < 1.29 is 18.7 Å². The maximum atomic E-state index is 12.8. The number of para-hydroxylation sites is 2. The molecular weight excluding hydrogens is 394 g/mol. The SMILES string of the molecule is C/C(=N\NC(=O)c1ccccc1-n1cccc1)c1ccccc1OC(=O)c1ccco1. The molecule has 1 N–H and O–H groups in total. The van der Waals surface area contributed by atoms with Crippen molar-refractivity contribution in [1.82, 2.24) is 9.99 Å². The van der Waals surface area contributed by atoms with Crippen LogP contribution in [0.2, 0.25) is 0 Å². The van der Waals surface area contributed by atoms with Crippen LogP contribution in [-0.2, 0) is 0 Å². The molecule has 154 valence electrons. The summed E-state index contributed by atoms with van der Waals surface area (Å²) >= 11 is 0. The largest absolute Gasteiger partial charge is 0.457 e. The Bertz CT molecular complexity index is 1230. The zero-order valence-corrected chi connectivity index (χ0v) is 16.7. The minimum absolute atomic E-state index is 0.0966. The Kier molecular flexibility index (Phi) is 5.75. The first-order valence-corrected chi connectivity index (χ1v) is 9.55. The Morgan fingerprint density at radius 1 is 0.903 bits per heavy atom. The number of benzene rings is 2. The Morgan fingerprint density at radius 3 is 2.35 bits per heavy atom. The molecule has 0 aliphatic rings. The van der Waals surface area contributed by atoms with Crippen molar-refractivity contribution in [3.63, 3.8) is 0 Å². The monoisotopic (exact) mass is 413 g/mol. The highest BCUT2D eigenvalue weighted by molar-refractivity contribution is 6.04. The van der Waals surface area contributed by atoms with Gasteiger partial charge in [0.1, 0.15) is 5.75 Å². The van der Waals surface area contributed by atoms with Crippen LogP contribution in [0.3, 0.4) is 0 Å². The van der Waals surface area contributed by atoms with Gasteiger partial charge in [0.15, 0.2) is 0 Å². The second-order valence-corrected chi connectivity index (χ2v) is 6.61. The van der Waals surface area contributed by atoms with Crippen LogP contribution in [-0.4, -0.2) is 22.2 Å². The maximum Gasteiger partial charge on any atom is 0.379 e. The Balaban J connectivity index is 1.54. The van der Waals surface area contributed by atoms with Crippen LogP contribution in [0.15, 0.2) is 101 Å². The molecule has 0 saturated heterocycles. The fourth-order valence-electron chi connectivity index (χ4n) is 3.04. The third-order valence-corrected chi connectivity index (χ3v) is 4.56. The fraction of sp³-hybridized carbons (Fsp3) is 0.0417. The molecule has 4 rings (SSSR count). The molecule has 0 saturated carbocycles. The molecule has 0 atom stereocenters. The number of esters is 1. The van der Waals surface area contributed by atoms with Gasteiger partial charge in [-0.3, -0.25) is 4.79 Å². The molecule has 0 fully saturated rings. The number of aromatic nitrogens is 1. The van der Waals surface area contributed by atoms with Gasteiger partial charge >= 0.3 is 5.97 Å². The van der Waals surface area contributed by atoms with Crippen LogP contribution in [0.5, 0.6) is 5.75 Å². The lowest BCUT2D eigenvalue weighted by molar-refractivity contribution is 0.0700. The molecule has 0 spiro atoms. The summed E-state index contributed by atoms with van der Waals surface area (Å²) in [4.78, 5) is 25.0. The number of carbonyl (C=O) groups is 2. The number of carbonyl (C=O) groups excluding carboxylic acids is 2. The number of ether oxygens (including phenoxy) is 1. The van der Waals surface area contributed by atoms with Crippen molar-refractivity contribution in [2.24, 2.45) is 5.10 Å². The lowest BCUT2D eigenvalue weighted by atomic mass is 10.1. The van der Waals surface area contributed by atoms with E-state index in [1.54, 1.807) is 49.4 Å². The first kappa shape index (κ1) is 19.9. The minimum Gasteiger partial charge on any atom is -0.457 e. The minimum atomic E-state index is -0.616. The number of hydrogen-bond donors (Lipinski definition) is 1. The molecule has 7 nitrogen and oxygen atoms in total. The molecule has 31 heavy (non-hydrogen) atoms. The third-order valence-electron chi connectivity index (χ3n) is 4.56. The number of nitrogens with one attached hydrogen (secondary N) is 1. The number of nitrogens with zero attached hydrogens (tertiary/aromatic N) is 2. The normalized spacial score (nSPS) is 11.2. The molecule has 4 aromatic rings. The number of hydrazone groups is 1. The van der Waals surface area contributed by atoms with E-state index in [1.807, 2.05) is 41.2 Å². The summed E-state index contributed by atoms with van der Waals surface area (Å²) in [5, 5.41) is 4.22. The maximum absolute atomic E-state index is 12.8. The summed E-state index contributed by atoms with van der Waals surface area (Å²) in [5.74, 6) is -0.560. The van der Waals surface area contributed by atoms with Crippen LogP contribution in [0.4, 0.5) is 0 Å². The van der Waals surface area contributed by atoms with Crippen molar-refractivity contribution in [2.75, 3.05) is 0 Å². The summed E-state index contributed by atoms with van der Waals surface area (Å²) in [6.45, 7) is 1.72. The number of rotatable bonds is 6. The van der Waals surface area contributed by atoms with Crippen molar-refractivity contribution in [3.8, 4) is 11.4 Å². The van der Waals surface area contributed by atoms with Gasteiger partial charge in [0.2, 0.25) is 5.76 Å². The van der Waals surface area contributed by atoms with Gasteiger partial charge in [-0.25, -0.2) is 10.2 Å². The van der Waals surface area contributed by atoms with E-state index in [1.165, 1.54) is 12.3 Å². The first-order valence-electron chi connectivity index (χ1n) is 9.55. The standard InChI is InChI=1S/C24H19N3O4/c1-17(18-9-3-5-12-21(18)31-24(29)22-13-8-16-30-22)25-26-23(28)19-10-2-4-11-20(19)27-14-6-7-15-27/h2-16H,1H3,(H,26,28)/b25-17+. The van der Waals surface area contributed by atoms with E-state index in [0.29, 0.717) is 22.6 Å². The quantitative estimate of drug-likeness (QED) is 0.219. The Morgan fingerprint density at radius 2 is 1.61 bits per heavy atom.